The SMILES string of the molecule is O=C(Nc1cccc(Br)c1)[C@H]1CCCN(C(=O)c2ccoc2)C1. The van der Waals surface area contributed by atoms with E-state index in [1.165, 1.54) is 12.5 Å². The second-order valence-corrected chi connectivity index (χ2v) is 6.52. The molecule has 1 atom stereocenters. The zero-order valence-electron chi connectivity index (χ0n) is 12.5. The number of hydrogen-bond donors (Lipinski definition) is 1. The molecule has 1 aromatic carbocycles. The maximum absolute atomic E-state index is 12.5. The summed E-state index contributed by atoms with van der Waals surface area (Å²) in [6.45, 7) is 1.11. The van der Waals surface area contributed by atoms with E-state index in [4.69, 9.17) is 4.42 Å². The minimum absolute atomic E-state index is 0.0483. The molecule has 1 fully saturated rings. The van der Waals surface area contributed by atoms with Crippen LogP contribution in [0.15, 0.2) is 51.7 Å². The predicted molar refractivity (Wildman–Crippen MR) is 90.1 cm³/mol. The predicted octanol–water partition coefficient (Wildman–Crippen LogP) is 3.53. The number of amides is 2. The first kappa shape index (κ1) is 15.8. The number of rotatable bonds is 3. The van der Waals surface area contributed by atoms with E-state index in [-0.39, 0.29) is 17.7 Å². The molecule has 0 unspecified atom stereocenters. The number of carbonyl (C=O) groups is 2. The normalized spacial score (nSPS) is 17.8. The van der Waals surface area contributed by atoms with Gasteiger partial charge in [-0.05, 0) is 37.1 Å². The first-order valence-corrected chi connectivity index (χ1v) is 8.30. The lowest BCUT2D eigenvalue weighted by atomic mass is 9.96. The molecule has 0 saturated carbocycles. The standard InChI is InChI=1S/C17H17BrN2O3/c18-14-4-1-5-15(9-14)19-16(21)12-3-2-7-20(10-12)17(22)13-6-8-23-11-13/h1,4-6,8-9,11-12H,2-3,7,10H2,(H,19,21)/t12-/m0/s1. The summed E-state index contributed by atoms with van der Waals surface area (Å²) in [4.78, 5) is 26.5. The van der Waals surface area contributed by atoms with E-state index in [9.17, 15) is 9.59 Å². The highest BCUT2D eigenvalue weighted by Crippen LogP contribution is 2.22. The smallest absolute Gasteiger partial charge is 0.257 e. The van der Waals surface area contributed by atoms with Crippen LogP contribution < -0.4 is 5.32 Å². The number of hydrogen-bond acceptors (Lipinski definition) is 3. The fraction of sp³-hybridized carbons (Fsp3) is 0.294. The summed E-state index contributed by atoms with van der Waals surface area (Å²) in [7, 11) is 0. The number of nitrogens with one attached hydrogen (secondary N) is 1. The van der Waals surface area contributed by atoms with Crippen LogP contribution in [-0.2, 0) is 4.79 Å². The summed E-state index contributed by atoms with van der Waals surface area (Å²) in [6, 6.07) is 9.12. The van der Waals surface area contributed by atoms with Crippen molar-refractivity contribution in [2.75, 3.05) is 18.4 Å². The van der Waals surface area contributed by atoms with E-state index in [2.05, 4.69) is 21.2 Å². The molecule has 1 N–H and O–H groups in total. The van der Waals surface area contributed by atoms with E-state index in [1.54, 1.807) is 11.0 Å². The van der Waals surface area contributed by atoms with Crippen molar-refractivity contribution >= 4 is 33.4 Å². The molecule has 1 saturated heterocycles. The molecule has 1 aromatic heterocycles. The Balaban J connectivity index is 1.64. The van der Waals surface area contributed by atoms with Crippen molar-refractivity contribution in [3.05, 3.63) is 52.9 Å². The molecule has 2 aromatic rings. The highest BCUT2D eigenvalue weighted by molar-refractivity contribution is 9.10. The largest absolute Gasteiger partial charge is 0.472 e. The zero-order chi connectivity index (χ0) is 16.2. The van der Waals surface area contributed by atoms with Crippen LogP contribution in [0.3, 0.4) is 0 Å². The van der Waals surface area contributed by atoms with Crippen molar-refractivity contribution < 1.29 is 14.0 Å². The van der Waals surface area contributed by atoms with Crippen LogP contribution in [0, 0.1) is 5.92 Å². The van der Waals surface area contributed by atoms with E-state index < -0.39 is 0 Å². The molecule has 0 spiro atoms. The zero-order valence-corrected chi connectivity index (χ0v) is 14.1. The lowest BCUT2D eigenvalue weighted by Crippen LogP contribution is -2.43. The van der Waals surface area contributed by atoms with Gasteiger partial charge >= 0.3 is 0 Å². The number of carbonyl (C=O) groups excluding carboxylic acids is 2. The van der Waals surface area contributed by atoms with Crippen LogP contribution in [-0.4, -0.2) is 29.8 Å². The Labute approximate surface area is 142 Å². The van der Waals surface area contributed by atoms with Crippen molar-refractivity contribution in [3.8, 4) is 0 Å². The lowest BCUT2D eigenvalue weighted by Gasteiger charge is -2.31. The molecular weight excluding hydrogens is 360 g/mol. The molecule has 0 bridgehead atoms. The van der Waals surface area contributed by atoms with Crippen molar-refractivity contribution in [3.63, 3.8) is 0 Å². The number of benzene rings is 1. The molecule has 6 heteroatoms. The topological polar surface area (TPSA) is 62.6 Å². The van der Waals surface area contributed by atoms with Gasteiger partial charge in [-0.2, -0.15) is 0 Å². The maximum atomic E-state index is 12.5. The van der Waals surface area contributed by atoms with Crippen LogP contribution in [0.2, 0.25) is 0 Å². The van der Waals surface area contributed by atoms with E-state index >= 15 is 0 Å². The molecular formula is C17H17BrN2O3. The fourth-order valence-corrected chi connectivity index (χ4v) is 3.15. The minimum Gasteiger partial charge on any atom is -0.472 e. The van der Waals surface area contributed by atoms with Gasteiger partial charge in [0, 0.05) is 23.2 Å². The molecule has 5 nitrogen and oxygen atoms in total. The van der Waals surface area contributed by atoms with Gasteiger partial charge in [0.25, 0.3) is 5.91 Å². The first-order chi connectivity index (χ1) is 11.1. The van der Waals surface area contributed by atoms with Crippen LogP contribution in [0.5, 0.6) is 0 Å². The molecule has 0 radical (unpaired) electrons. The number of nitrogens with zero attached hydrogens (tertiary/aromatic N) is 1. The summed E-state index contributed by atoms with van der Waals surface area (Å²) in [5.41, 5.74) is 1.28. The number of likely N-dealkylation sites (tertiary alicyclic amines) is 1. The molecule has 120 valence electrons. The summed E-state index contributed by atoms with van der Waals surface area (Å²) in [5.74, 6) is -0.329. The van der Waals surface area contributed by atoms with Crippen LogP contribution >= 0.6 is 15.9 Å². The van der Waals surface area contributed by atoms with Crippen LogP contribution in [0.1, 0.15) is 23.2 Å². The Bertz CT molecular complexity index is 700. The summed E-state index contributed by atoms with van der Waals surface area (Å²) < 4.78 is 5.87. The summed E-state index contributed by atoms with van der Waals surface area (Å²) in [5, 5.41) is 2.92. The van der Waals surface area contributed by atoms with Gasteiger partial charge in [-0.3, -0.25) is 9.59 Å². The average molecular weight is 377 g/mol. The highest BCUT2D eigenvalue weighted by Gasteiger charge is 2.29. The van der Waals surface area contributed by atoms with Crippen molar-refractivity contribution in [1.29, 1.82) is 0 Å². The third kappa shape index (κ3) is 3.82. The summed E-state index contributed by atoms with van der Waals surface area (Å²) >= 11 is 3.39. The highest BCUT2D eigenvalue weighted by atomic mass is 79.9. The molecule has 2 heterocycles. The van der Waals surface area contributed by atoms with E-state index in [0.29, 0.717) is 18.7 Å². The quantitative estimate of drug-likeness (QED) is 0.890. The lowest BCUT2D eigenvalue weighted by molar-refractivity contribution is -0.121. The van der Waals surface area contributed by atoms with Gasteiger partial charge in [-0.15, -0.1) is 0 Å². The van der Waals surface area contributed by atoms with E-state index in [0.717, 1.165) is 23.0 Å². The maximum Gasteiger partial charge on any atom is 0.257 e. The van der Waals surface area contributed by atoms with Gasteiger partial charge in [-0.1, -0.05) is 22.0 Å². The van der Waals surface area contributed by atoms with Crippen LogP contribution in [0.25, 0.3) is 0 Å². The molecule has 0 aliphatic carbocycles. The first-order valence-electron chi connectivity index (χ1n) is 7.51. The Hall–Kier alpha value is -2.08. The van der Waals surface area contributed by atoms with Gasteiger partial charge in [-0.25, -0.2) is 0 Å². The fourth-order valence-electron chi connectivity index (χ4n) is 2.75. The Morgan fingerprint density at radius 1 is 1.30 bits per heavy atom. The number of anilines is 1. The number of furan rings is 1. The third-order valence-electron chi connectivity index (χ3n) is 3.94. The average Bonchev–Trinajstić information content (AvgIpc) is 3.09. The van der Waals surface area contributed by atoms with Gasteiger partial charge in [0.1, 0.15) is 6.26 Å². The Morgan fingerprint density at radius 3 is 2.91 bits per heavy atom. The van der Waals surface area contributed by atoms with Gasteiger partial charge < -0.3 is 14.6 Å². The molecule has 2 amide bonds. The number of halogens is 1. The minimum atomic E-state index is -0.196. The molecule has 1 aliphatic rings. The summed E-state index contributed by atoms with van der Waals surface area (Å²) in [6.07, 6.45) is 4.53. The van der Waals surface area contributed by atoms with Crippen molar-refractivity contribution in [2.45, 2.75) is 12.8 Å². The van der Waals surface area contributed by atoms with Gasteiger partial charge in [0.2, 0.25) is 5.91 Å². The molecule has 23 heavy (non-hydrogen) atoms. The number of piperidine rings is 1. The van der Waals surface area contributed by atoms with Gasteiger partial charge in [0.05, 0.1) is 17.7 Å². The Morgan fingerprint density at radius 2 is 2.17 bits per heavy atom. The molecule has 1 aliphatic heterocycles. The van der Waals surface area contributed by atoms with Crippen molar-refractivity contribution in [1.82, 2.24) is 4.90 Å². The Kier molecular flexibility index (Phi) is 4.81. The van der Waals surface area contributed by atoms with Crippen LogP contribution in [0.4, 0.5) is 5.69 Å². The van der Waals surface area contributed by atoms with E-state index in [1.807, 2.05) is 24.3 Å². The monoisotopic (exact) mass is 376 g/mol. The molecule has 3 rings (SSSR count). The third-order valence-corrected chi connectivity index (χ3v) is 4.43. The second-order valence-electron chi connectivity index (χ2n) is 5.60. The van der Waals surface area contributed by atoms with Gasteiger partial charge in [0.15, 0.2) is 0 Å². The second kappa shape index (κ2) is 7.00. The van der Waals surface area contributed by atoms with Crippen molar-refractivity contribution in [2.24, 2.45) is 5.92 Å².